The summed E-state index contributed by atoms with van der Waals surface area (Å²) in [6.07, 6.45) is -0.750. The first-order valence-electron chi connectivity index (χ1n) is 6.96. The highest BCUT2D eigenvalue weighted by Crippen LogP contribution is 2.37. The zero-order valence-electron chi connectivity index (χ0n) is 13.7. The number of rotatable bonds is 7. The maximum atomic E-state index is 13.0. The van der Waals surface area contributed by atoms with Gasteiger partial charge >= 0.3 is 0 Å². The Hall–Kier alpha value is -1.42. The van der Waals surface area contributed by atoms with Crippen molar-refractivity contribution >= 4 is 9.84 Å². The Morgan fingerprint density at radius 2 is 1.68 bits per heavy atom. The average molecular weight is 325 g/mol. The van der Waals surface area contributed by atoms with Gasteiger partial charge in [0.15, 0.2) is 16.1 Å². The van der Waals surface area contributed by atoms with Gasteiger partial charge in [0.25, 0.3) is 0 Å². The van der Waals surface area contributed by atoms with E-state index in [1.807, 2.05) is 13.0 Å². The summed E-state index contributed by atoms with van der Waals surface area (Å²) in [4.78, 5) is 0.233. The van der Waals surface area contributed by atoms with Crippen LogP contribution in [0.3, 0.4) is 0 Å². The molecular weight excluding hydrogens is 302 g/mol. The minimum atomic E-state index is -3.65. The van der Waals surface area contributed by atoms with Gasteiger partial charge in [-0.15, -0.1) is 0 Å². The van der Waals surface area contributed by atoms with Crippen LogP contribution in [0.2, 0.25) is 0 Å². The van der Waals surface area contributed by atoms with Crippen LogP contribution in [-0.2, 0) is 19.3 Å². The quantitative estimate of drug-likeness (QED) is 0.720. The third kappa shape index (κ3) is 3.49. The van der Waals surface area contributed by atoms with Gasteiger partial charge in [-0.25, -0.2) is 8.42 Å². The molecule has 0 saturated heterocycles. The van der Waals surface area contributed by atoms with Crippen molar-refractivity contribution in [2.24, 2.45) is 5.92 Å². The summed E-state index contributed by atoms with van der Waals surface area (Å²) < 4.78 is 35.2. The van der Waals surface area contributed by atoms with E-state index in [-0.39, 0.29) is 11.3 Å². The van der Waals surface area contributed by atoms with E-state index in [0.29, 0.717) is 0 Å². The van der Waals surface area contributed by atoms with E-state index < -0.39 is 26.8 Å². The first-order chi connectivity index (χ1) is 10.2. The zero-order chi connectivity index (χ0) is 17.0. The largest absolute Gasteiger partial charge is 0.356 e. The fraction of sp³-hybridized carbons (Fsp3) is 0.562. The molecule has 0 heterocycles. The molecule has 0 N–H and O–H groups in total. The number of nitrogens with zero attached hydrogens (tertiary/aromatic N) is 1. The molecule has 0 spiro atoms. The lowest BCUT2D eigenvalue weighted by molar-refractivity contribution is -0.142. The standard InChI is InChI=1S/C16H23NO4S/c1-12-6-8-13(9-7-12)22(18,19)16(2,3)14(10-11-17)15(20-4)21-5/h6-9,14-15H,10H2,1-5H3. The van der Waals surface area contributed by atoms with Gasteiger partial charge < -0.3 is 9.47 Å². The first kappa shape index (κ1) is 18.6. The van der Waals surface area contributed by atoms with Crippen LogP contribution in [0.15, 0.2) is 29.2 Å². The maximum absolute atomic E-state index is 13.0. The molecule has 1 rings (SSSR count). The third-order valence-corrected chi connectivity index (χ3v) is 6.60. The molecule has 0 aliphatic carbocycles. The Bertz CT molecular complexity index is 625. The summed E-state index contributed by atoms with van der Waals surface area (Å²) in [7, 11) is -0.778. The highest BCUT2D eigenvalue weighted by Gasteiger charge is 2.46. The lowest BCUT2D eigenvalue weighted by atomic mass is 9.91. The Morgan fingerprint density at radius 3 is 2.09 bits per heavy atom. The molecule has 0 saturated carbocycles. The van der Waals surface area contributed by atoms with Crippen molar-refractivity contribution in [3.05, 3.63) is 29.8 Å². The molecule has 1 atom stereocenters. The van der Waals surface area contributed by atoms with Crippen molar-refractivity contribution in [2.75, 3.05) is 14.2 Å². The Balaban J connectivity index is 3.33. The van der Waals surface area contributed by atoms with E-state index in [1.54, 1.807) is 38.1 Å². The molecule has 1 unspecified atom stereocenters. The van der Waals surface area contributed by atoms with Gasteiger partial charge in [-0.2, -0.15) is 5.26 Å². The average Bonchev–Trinajstić information content (AvgIpc) is 2.47. The van der Waals surface area contributed by atoms with Crippen LogP contribution in [0, 0.1) is 24.2 Å². The summed E-state index contributed by atoms with van der Waals surface area (Å²) in [6.45, 7) is 5.11. The van der Waals surface area contributed by atoms with E-state index >= 15 is 0 Å². The highest BCUT2D eigenvalue weighted by atomic mass is 32.2. The van der Waals surface area contributed by atoms with E-state index in [0.717, 1.165) is 5.56 Å². The minimum absolute atomic E-state index is 0.0183. The van der Waals surface area contributed by atoms with Gasteiger partial charge in [-0.1, -0.05) is 17.7 Å². The van der Waals surface area contributed by atoms with E-state index in [2.05, 4.69) is 0 Å². The lowest BCUT2D eigenvalue weighted by Crippen LogP contribution is -2.46. The van der Waals surface area contributed by atoms with Crippen LogP contribution < -0.4 is 0 Å². The molecule has 0 aliphatic heterocycles. The van der Waals surface area contributed by atoms with Crippen LogP contribution >= 0.6 is 0 Å². The Morgan fingerprint density at radius 1 is 1.18 bits per heavy atom. The molecule has 0 bridgehead atoms. The SMILES string of the molecule is COC(OC)C(CC#N)C(C)(C)S(=O)(=O)c1ccc(C)cc1. The van der Waals surface area contributed by atoms with Gasteiger partial charge in [-0.05, 0) is 32.9 Å². The fourth-order valence-corrected chi connectivity index (χ4v) is 4.11. The summed E-state index contributed by atoms with van der Waals surface area (Å²) >= 11 is 0. The highest BCUT2D eigenvalue weighted by molar-refractivity contribution is 7.92. The summed E-state index contributed by atoms with van der Waals surface area (Å²) in [6, 6.07) is 8.72. The van der Waals surface area contributed by atoms with Gasteiger partial charge in [0.2, 0.25) is 0 Å². The Labute approximate surface area is 132 Å². The number of sulfone groups is 1. The van der Waals surface area contributed by atoms with Gasteiger partial charge in [0.1, 0.15) is 0 Å². The van der Waals surface area contributed by atoms with Crippen molar-refractivity contribution in [3.8, 4) is 6.07 Å². The van der Waals surface area contributed by atoms with E-state index in [1.165, 1.54) is 14.2 Å². The molecule has 6 heteroatoms. The normalized spacial score (nSPS) is 13.9. The van der Waals surface area contributed by atoms with Crippen molar-refractivity contribution < 1.29 is 17.9 Å². The van der Waals surface area contributed by atoms with Gasteiger partial charge in [-0.3, -0.25) is 0 Å². The van der Waals surface area contributed by atoms with Crippen molar-refractivity contribution in [1.82, 2.24) is 0 Å². The zero-order valence-corrected chi connectivity index (χ0v) is 14.5. The molecule has 0 aromatic heterocycles. The number of benzene rings is 1. The third-order valence-electron chi connectivity index (χ3n) is 4.02. The van der Waals surface area contributed by atoms with Crippen LogP contribution in [0.1, 0.15) is 25.8 Å². The van der Waals surface area contributed by atoms with Crippen molar-refractivity contribution in [2.45, 2.75) is 43.1 Å². The van der Waals surface area contributed by atoms with Crippen LogP contribution in [0.5, 0.6) is 0 Å². The number of hydrogen-bond donors (Lipinski definition) is 0. The topological polar surface area (TPSA) is 76.4 Å². The van der Waals surface area contributed by atoms with Crippen LogP contribution in [0.25, 0.3) is 0 Å². The molecule has 5 nitrogen and oxygen atoms in total. The molecule has 122 valence electrons. The van der Waals surface area contributed by atoms with E-state index in [4.69, 9.17) is 14.7 Å². The molecule has 0 aliphatic rings. The predicted octanol–water partition coefficient (Wildman–Crippen LogP) is 2.70. The fourth-order valence-electron chi connectivity index (χ4n) is 2.41. The number of nitriles is 1. The van der Waals surface area contributed by atoms with Gasteiger partial charge in [0.05, 0.1) is 15.7 Å². The molecule has 1 aromatic carbocycles. The summed E-state index contributed by atoms with van der Waals surface area (Å²) in [5.74, 6) is -0.612. The second-order valence-electron chi connectivity index (χ2n) is 5.73. The number of methoxy groups -OCH3 is 2. The van der Waals surface area contributed by atoms with Gasteiger partial charge in [0, 0.05) is 26.6 Å². The Kier molecular flexibility index (Phi) is 6.12. The molecule has 0 amide bonds. The summed E-state index contributed by atoms with van der Waals surface area (Å²) in [5, 5.41) is 9.06. The number of aryl methyl sites for hydroxylation is 1. The van der Waals surface area contributed by atoms with Crippen molar-refractivity contribution in [3.63, 3.8) is 0 Å². The number of ether oxygens (including phenoxy) is 2. The maximum Gasteiger partial charge on any atom is 0.184 e. The summed E-state index contributed by atoms with van der Waals surface area (Å²) in [5.41, 5.74) is 0.983. The number of hydrogen-bond acceptors (Lipinski definition) is 5. The predicted molar refractivity (Wildman–Crippen MR) is 84.0 cm³/mol. The first-order valence-corrected chi connectivity index (χ1v) is 8.44. The second-order valence-corrected chi connectivity index (χ2v) is 8.26. The molecule has 22 heavy (non-hydrogen) atoms. The molecular formula is C16H23NO4S. The molecule has 1 aromatic rings. The van der Waals surface area contributed by atoms with Crippen LogP contribution in [0.4, 0.5) is 0 Å². The second kappa shape index (κ2) is 7.23. The molecule has 0 fully saturated rings. The molecule has 0 radical (unpaired) electrons. The van der Waals surface area contributed by atoms with Crippen LogP contribution in [-0.4, -0.2) is 33.7 Å². The smallest absolute Gasteiger partial charge is 0.184 e. The van der Waals surface area contributed by atoms with Crippen molar-refractivity contribution in [1.29, 1.82) is 5.26 Å². The lowest BCUT2D eigenvalue weighted by Gasteiger charge is -2.36. The van der Waals surface area contributed by atoms with E-state index in [9.17, 15) is 8.42 Å². The monoisotopic (exact) mass is 325 g/mol. The minimum Gasteiger partial charge on any atom is -0.356 e.